The predicted molar refractivity (Wildman–Crippen MR) is 50.5 cm³/mol. The third-order valence-corrected chi connectivity index (χ3v) is 1.52. The standard InChI is InChI=1S/C10H13NO2/c1-8(2)5-6-11-10(12)9-4-3-7-13-9/h3-5,7H,6H2,1-2H3,(H,11,12). The Labute approximate surface area is 77.4 Å². The summed E-state index contributed by atoms with van der Waals surface area (Å²) in [6.45, 7) is 4.51. The molecule has 0 aliphatic carbocycles. The van der Waals surface area contributed by atoms with E-state index in [1.54, 1.807) is 12.1 Å². The van der Waals surface area contributed by atoms with Crippen molar-refractivity contribution in [3.8, 4) is 0 Å². The molecule has 1 amide bonds. The monoisotopic (exact) mass is 179 g/mol. The summed E-state index contributed by atoms with van der Waals surface area (Å²) in [6, 6.07) is 3.33. The molecule has 1 heterocycles. The van der Waals surface area contributed by atoms with Gasteiger partial charge in [0.05, 0.1) is 6.26 Å². The lowest BCUT2D eigenvalue weighted by atomic mass is 10.3. The highest BCUT2D eigenvalue weighted by molar-refractivity contribution is 5.91. The molecule has 0 aromatic carbocycles. The molecular weight excluding hydrogens is 166 g/mol. The molecule has 3 nitrogen and oxygen atoms in total. The SMILES string of the molecule is CC(C)=CCNC(=O)c1ccco1. The number of nitrogens with one attached hydrogen (secondary N) is 1. The summed E-state index contributed by atoms with van der Waals surface area (Å²) in [4.78, 5) is 11.3. The summed E-state index contributed by atoms with van der Waals surface area (Å²) in [5.74, 6) is 0.171. The second kappa shape index (κ2) is 4.50. The van der Waals surface area contributed by atoms with Crippen molar-refractivity contribution in [1.82, 2.24) is 5.32 Å². The van der Waals surface area contributed by atoms with E-state index >= 15 is 0 Å². The van der Waals surface area contributed by atoms with Crippen LogP contribution in [0.2, 0.25) is 0 Å². The van der Waals surface area contributed by atoms with Gasteiger partial charge in [0.15, 0.2) is 5.76 Å². The molecule has 13 heavy (non-hydrogen) atoms. The highest BCUT2D eigenvalue weighted by atomic mass is 16.3. The van der Waals surface area contributed by atoms with Crippen LogP contribution in [0.25, 0.3) is 0 Å². The third-order valence-electron chi connectivity index (χ3n) is 1.52. The van der Waals surface area contributed by atoms with Gasteiger partial charge in [0.2, 0.25) is 0 Å². The predicted octanol–water partition coefficient (Wildman–Crippen LogP) is 1.98. The largest absolute Gasteiger partial charge is 0.459 e. The maximum Gasteiger partial charge on any atom is 0.287 e. The van der Waals surface area contributed by atoms with Crippen molar-refractivity contribution in [2.75, 3.05) is 6.54 Å². The van der Waals surface area contributed by atoms with E-state index < -0.39 is 0 Å². The molecule has 0 aliphatic rings. The molecule has 0 spiro atoms. The van der Waals surface area contributed by atoms with E-state index in [4.69, 9.17) is 4.42 Å². The number of hydrogen-bond acceptors (Lipinski definition) is 2. The lowest BCUT2D eigenvalue weighted by Crippen LogP contribution is -2.22. The van der Waals surface area contributed by atoms with E-state index in [9.17, 15) is 4.79 Å². The minimum Gasteiger partial charge on any atom is -0.459 e. The maximum atomic E-state index is 11.3. The van der Waals surface area contributed by atoms with E-state index in [0.29, 0.717) is 12.3 Å². The zero-order chi connectivity index (χ0) is 9.68. The van der Waals surface area contributed by atoms with Crippen molar-refractivity contribution in [3.05, 3.63) is 35.8 Å². The Kier molecular flexibility index (Phi) is 3.31. The van der Waals surface area contributed by atoms with E-state index in [0.717, 1.165) is 0 Å². The van der Waals surface area contributed by atoms with Crippen molar-refractivity contribution >= 4 is 5.91 Å². The van der Waals surface area contributed by atoms with Crippen LogP contribution in [0.15, 0.2) is 34.5 Å². The number of amides is 1. The number of carbonyl (C=O) groups is 1. The van der Waals surface area contributed by atoms with Gasteiger partial charge in [0.1, 0.15) is 0 Å². The van der Waals surface area contributed by atoms with Crippen molar-refractivity contribution in [3.63, 3.8) is 0 Å². The topological polar surface area (TPSA) is 42.2 Å². The first kappa shape index (κ1) is 9.58. The first-order valence-corrected chi connectivity index (χ1v) is 4.15. The van der Waals surface area contributed by atoms with Crippen LogP contribution in [0.1, 0.15) is 24.4 Å². The molecule has 0 unspecified atom stereocenters. The molecular formula is C10H13NO2. The van der Waals surface area contributed by atoms with Gasteiger partial charge in [0, 0.05) is 6.54 Å². The summed E-state index contributed by atoms with van der Waals surface area (Å²) in [5, 5.41) is 2.71. The van der Waals surface area contributed by atoms with Crippen molar-refractivity contribution < 1.29 is 9.21 Å². The number of allylic oxidation sites excluding steroid dienone is 1. The van der Waals surface area contributed by atoms with Gasteiger partial charge in [0.25, 0.3) is 5.91 Å². The molecule has 1 aromatic rings. The number of rotatable bonds is 3. The first-order chi connectivity index (χ1) is 6.20. The van der Waals surface area contributed by atoms with Crippen LogP contribution in [0.4, 0.5) is 0 Å². The Bertz CT molecular complexity index is 295. The minimum atomic E-state index is -0.178. The van der Waals surface area contributed by atoms with E-state index in [-0.39, 0.29) is 5.91 Å². The summed E-state index contributed by atoms with van der Waals surface area (Å²) in [7, 11) is 0. The average Bonchev–Trinajstić information content (AvgIpc) is 2.55. The van der Waals surface area contributed by atoms with Crippen molar-refractivity contribution in [2.24, 2.45) is 0 Å². The zero-order valence-corrected chi connectivity index (χ0v) is 7.83. The van der Waals surface area contributed by atoms with Crippen LogP contribution in [0.5, 0.6) is 0 Å². The van der Waals surface area contributed by atoms with Gasteiger partial charge in [-0.25, -0.2) is 0 Å². The average molecular weight is 179 g/mol. The van der Waals surface area contributed by atoms with E-state index in [2.05, 4.69) is 5.32 Å². The fourth-order valence-electron chi connectivity index (χ4n) is 0.843. The van der Waals surface area contributed by atoms with Gasteiger partial charge in [-0.3, -0.25) is 4.79 Å². The van der Waals surface area contributed by atoms with Crippen LogP contribution in [-0.4, -0.2) is 12.5 Å². The van der Waals surface area contributed by atoms with Crippen LogP contribution >= 0.6 is 0 Å². The third kappa shape index (κ3) is 3.15. The Balaban J connectivity index is 2.39. The molecule has 1 aromatic heterocycles. The number of hydrogen-bond donors (Lipinski definition) is 1. The summed E-state index contributed by atoms with van der Waals surface area (Å²) >= 11 is 0. The van der Waals surface area contributed by atoms with Crippen molar-refractivity contribution in [2.45, 2.75) is 13.8 Å². The van der Waals surface area contributed by atoms with E-state index in [1.165, 1.54) is 11.8 Å². The minimum absolute atomic E-state index is 0.178. The van der Waals surface area contributed by atoms with Gasteiger partial charge in [-0.15, -0.1) is 0 Å². The van der Waals surface area contributed by atoms with Crippen LogP contribution in [0, 0.1) is 0 Å². The van der Waals surface area contributed by atoms with Crippen LogP contribution in [-0.2, 0) is 0 Å². The van der Waals surface area contributed by atoms with Gasteiger partial charge < -0.3 is 9.73 Å². The highest BCUT2D eigenvalue weighted by Gasteiger charge is 2.05. The summed E-state index contributed by atoms with van der Waals surface area (Å²) in [5.41, 5.74) is 1.18. The second-order valence-electron chi connectivity index (χ2n) is 2.97. The fourth-order valence-corrected chi connectivity index (χ4v) is 0.843. The van der Waals surface area contributed by atoms with Crippen molar-refractivity contribution in [1.29, 1.82) is 0 Å². The molecule has 0 aliphatic heterocycles. The Morgan fingerprint density at radius 3 is 2.92 bits per heavy atom. The molecule has 1 rings (SSSR count). The van der Waals surface area contributed by atoms with Crippen LogP contribution < -0.4 is 5.32 Å². The second-order valence-corrected chi connectivity index (χ2v) is 2.97. The Morgan fingerprint density at radius 1 is 1.62 bits per heavy atom. The van der Waals surface area contributed by atoms with Crippen LogP contribution in [0.3, 0.4) is 0 Å². The molecule has 1 N–H and O–H groups in total. The normalized spacial score (nSPS) is 9.38. The van der Waals surface area contributed by atoms with Gasteiger partial charge >= 0.3 is 0 Å². The first-order valence-electron chi connectivity index (χ1n) is 4.15. The summed E-state index contributed by atoms with van der Waals surface area (Å²) in [6.07, 6.45) is 3.43. The number of carbonyl (C=O) groups excluding carboxylic acids is 1. The zero-order valence-electron chi connectivity index (χ0n) is 7.83. The lowest BCUT2D eigenvalue weighted by molar-refractivity contribution is 0.0930. The maximum absolute atomic E-state index is 11.3. The van der Waals surface area contributed by atoms with Gasteiger partial charge in [-0.1, -0.05) is 11.6 Å². The molecule has 0 bridgehead atoms. The molecule has 3 heteroatoms. The van der Waals surface area contributed by atoms with Gasteiger partial charge in [-0.2, -0.15) is 0 Å². The molecule has 70 valence electrons. The molecule has 0 atom stereocenters. The smallest absolute Gasteiger partial charge is 0.287 e. The highest BCUT2D eigenvalue weighted by Crippen LogP contribution is 1.98. The molecule has 0 fully saturated rings. The number of furan rings is 1. The molecule has 0 saturated carbocycles. The quantitative estimate of drug-likeness (QED) is 0.721. The molecule has 0 radical (unpaired) electrons. The summed E-state index contributed by atoms with van der Waals surface area (Å²) < 4.78 is 4.92. The molecule has 0 saturated heterocycles. The fraction of sp³-hybridized carbons (Fsp3) is 0.300. The van der Waals surface area contributed by atoms with Gasteiger partial charge in [-0.05, 0) is 26.0 Å². The Hall–Kier alpha value is -1.51. The van der Waals surface area contributed by atoms with E-state index in [1.807, 2.05) is 19.9 Å². The Morgan fingerprint density at radius 2 is 2.38 bits per heavy atom. The lowest BCUT2D eigenvalue weighted by Gasteiger charge is -1.98.